The van der Waals surface area contributed by atoms with Gasteiger partial charge >= 0.3 is 0 Å². The first-order chi connectivity index (χ1) is 14.7. The zero-order valence-corrected chi connectivity index (χ0v) is 17.0. The maximum Gasteiger partial charge on any atom is 0.289 e. The Morgan fingerprint density at radius 3 is 2.63 bits per heavy atom. The maximum atomic E-state index is 12.8. The topological polar surface area (TPSA) is 71.6 Å². The van der Waals surface area contributed by atoms with E-state index in [2.05, 4.69) is 10.00 Å². The largest absolute Gasteiger partial charge is 0.451 e. The Morgan fingerprint density at radius 1 is 1.00 bits per heavy atom. The highest BCUT2D eigenvalue weighted by atomic mass is 16.3. The second kappa shape index (κ2) is 8.07. The number of carbonyl (C=O) groups excluding carboxylic acids is 1. The molecule has 1 aliphatic heterocycles. The predicted octanol–water partition coefficient (Wildman–Crippen LogP) is 2.33. The molecule has 5 rings (SSSR count). The van der Waals surface area contributed by atoms with Gasteiger partial charge in [-0.25, -0.2) is 4.68 Å². The Hall–Kier alpha value is -2.93. The van der Waals surface area contributed by atoms with E-state index in [-0.39, 0.29) is 11.5 Å². The number of benzene rings is 1. The van der Waals surface area contributed by atoms with Gasteiger partial charge in [-0.1, -0.05) is 18.2 Å². The standard InChI is InChI=1S/C23H26N4O3/c28-22-16-17-5-1-3-7-19(17)24-27(22)14-11-25-9-12-26(13-10-25)23(29)21-15-18-6-2-4-8-20(18)30-21/h2,4,6,8,15-16H,1,3,5,7,9-14H2. The fourth-order valence-corrected chi connectivity index (χ4v) is 4.42. The van der Waals surface area contributed by atoms with Crippen LogP contribution in [0, 0.1) is 0 Å². The molecule has 2 aliphatic rings. The number of aromatic nitrogens is 2. The Bertz CT molecular complexity index is 1090. The molecule has 0 radical (unpaired) electrons. The van der Waals surface area contributed by atoms with Gasteiger partial charge in [-0.2, -0.15) is 5.10 Å². The number of amides is 1. The molecule has 1 aromatic carbocycles. The number of piperazine rings is 1. The summed E-state index contributed by atoms with van der Waals surface area (Å²) in [6.07, 6.45) is 4.24. The van der Waals surface area contributed by atoms with E-state index in [1.165, 1.54) is 0 Å². The third-order valence-electron chi connectivity index (χ3n) is 6.20. The van der Waals surface area contributed by atoms with Crippen molar-refractivity contribution >= 4 is 16.9 Å². The van der Waals surface area contributed by atoms with Gasteiger partial charge in [0.2, 0.25) is 0 Å². The van der Waals surface area contributed by atoms with Crippen molar-refractivity contribution in [1.29, 1.82) is 0 Å². The fourth-order valence-electron chi connectivity index (χ4n) is 4.42. The molecule has 1 amide bonds. The van der Waals surface area contributed by atoms with Gasteiger partial charge in [0.05, 0.1) is 12.2 Å². The Kier molecular flexibility index (Phi) is 5.12. The number of furan rings is 1. The van der Waals surface area contributed by atoms with Crippen molar-refractivity contribution < 1.29 is 9.21 Å². The number of hydrogen-bond donors (Lipinski definition) is 0. The molecule has 3 aromatic rings. The van der Waals surface area contributed by atoms with Crippen LogP contribution < -0.4 is 5.56 Å². The lowest BCUT2D eigenvalue weighted by molar-refractivity contribution is 0.0603. The normalized spacial score (nSPS) is 17.3. The number of para-hydroxylation sites is 1. The predicted molar refractivity (Wildman–Crippen MR) is 114 cm³/mol. The molecular weight excluding hydrogens is 380 g/mol. The Labute approximate surface area is 174 Å². The van der Waals surface area contributed by atoms with Gasteiger partial charge in [0.25, 0.3) is 11.5 Å². The molecule has 7 nitrogen and oxygen atoms in total. The lowest BCUT2D eigenvalue weighted by Gasteiger charge is -2.34. The van der Waals surface area contributed by atoms with Gasteiger partial charge < -0.3 is 9.32 Å². The van der Waals surface area contributed by atoms with E-state index in [4.69, 9.17) is 4.42 Å². The molecule has 30 heavy (non-hydrogen) atoms. The highest BCUT2D eigenvalue weighted by molar-refractivity contribution is 5.96. The van der Waals surface area contributed by atoms with Crippen LogP contribution in [0.5, 0.6) is 0 Å². The maximum absolute atomic E-state index is 12.8. The van der Waals surface area contributed by atoms with Crippen LogP contribution in [0.3, 0.4) is 0 Å². The van der Waals surface area contributed by atoms with E-state index in [0.29, 0.717) is 25.4 Å². The minimum absolute atomic E-state index is 0.00523. The molecule has 0 saturated carbocycles. The number of carbonyl (C=O) groups is 1. The van der Waals surface area contributed by atoms with Crippen molar-refractivity contribution in [2.24, 2.45) is 0 Å². The van der Waals surface area contributed by atoms with Gasteiger partial charge in [-0.15, -0.1) is 0 Å². The van der Waals surface area contributed by atoms with Gasteiger partial charge in [-0.3, -0.25) is 14.5 Å². The van der Waals surface area contributed by atoms with Crippen molar-refractivity contribution in [2.45, 2.75) is 32.2 Å². The van der Waals surface area contributed by atoms with Crippen molar-refractivity contribution in [2.75, 3.05) is 32.7 Å². The molecule has 3 heterocycles. The summed E-state index contributed by atoms with van der Waals surface area (Å²) in [5.74, 6) is 0.341. The van der Waals surface area contributed by atoms with Crippen molar-refractivity contribution in [3.63, 3.8) is 0 Å². The van der Waals surface area contributed by atoms with Crippen LogP contribution in [-0.4, -0.2) is 58.2 Å². The average Bonchev–Trinajstić information content (AvgIpc) is 3.22. The number of aryl methyl sites for hydroxylation is 2. The average molecular weight is 406 g/mol. The number of rotatable bonds is 4. The summed E-state index contributed by atoms with van der Waals surface area (Å²) in [5, 5.41) is 5.55. The fraction of sp³-hybridized carbons (Fsp3) is 0.435. The lowest BCUT2D eigenvalue weighted by Crippen LogP contribution is -2.49. The molecule has 1 fully saturated rings. The van der Waals surface area contributed by atoms with Crippen molar-refractivity contribution in [3.05, 3.63) is 63.8 Å². The Morgan fingerprint density at radius 2 is 1.80 bits per heavy atom. The van der Waals surface area contributed by atoms with E-state index in [1.807, 2.05) is 35.2 Å². The monoisotopic (exact) mass is 406 g/mol. The molecule has 156 valence electrons. The van der Waals surface area contributed by atoms with Gasteiger partial charge in [0, 0.05) is 44.2 Å². The lowest BCUT2D eigenvalue weighted by atomic mass is 9.97. The summed E-state index contributed by atoms with van der Waals surface area (Å²) < 4.78 is 7.33. The van der Waals surface area contributed by atoms with Crippen LogP contribution in [0.15, 0.2) is 45.6 Å². The summed E-state index contributed by atoms with van der Waals surface area (Å²) in [7, 11) is 0. The summed E-state index contributed by atoms with van der Waals surface area (Å²) in [6.45, 7) is 4.23. The molecule has 7 heteroatoms. The quantitative estimate of drug-likeness (QED) is 0.665. The van der Waals surface area contributed by atoms with Gasteiger partial charge in [0.15, 0.2) is 5.76 Å². The highest BCUT2D eigenvalue weighted by Gasteiger charge is 2.24. The molecule has 0 spiro atoms. The number of fused-ring (bicyclic) bond motifs is 2. The summed E-state index contributed by atoms with van der Waals surface area (Å²) >= 11 is 0. The van der Waals surface area contributed by atoms with Crippen LogP contribution >= 0.6 is 0 Å². The second-order valence-corrected chi connectivity index (χ2v) is 8.17. The van der Waals surface area contributed by atoms with Crippen molar-refractivity contribution in [3.8, 4) is 0 Å². The first kappa shape index (κ1) is 19.1. The molecular formula is C23H26N4O3. The molecule has 2 aromatic heterocycles. The smallest absolute Gasteiger partial charge is 0.289 e. The van der Waals surface area contributed by atoms with Gasteiger partial charge in [0.1, 0.15) is 5.58 Å². The van der Waals surface area contributed by atoms with Crippen LogP contribution in [0.4, 0.5) is 0 Å². The van der Waals surface area contributed by atoms with E-state index in [1.54, 1.807) is 10.7 Å². The van der Waals surface area contributed by atoms with Crippen LogP contribution in [0.2, 0.25) is 0 Å². The van der Waals surface area contributed by atoms with Gasteiger partial charge in [-0.05, 0) is 43.4 Å². The Balaban J connectivity index is 1.17. The highest BCUT2D eigenvalue weighted by Crippen LogP contribution is 2.21. The molecule has 0 unspecified atom stereocenters. The molecule has 1 saturated heterocycles. The number of nitrogens with zero attached hydrogens (tertiary/aromatic N) is 4. The third kappa shape index (κ3) is 3.77. The molecule has 0 atom stereocenters. The zero-order valence-electron chi connectivity index (χ0n) is 17.0. The second-order valence-electron chi connectivity index (χ2n) is 8.17. The summed E-state index contributed by atoms with van der Waals surface area (Å²) in [5.41, 5.74) is 2.94. The first-order valence-corrected chi connectivity index (χ1v) is 10.8. The number of hydrogen-bond acceptors (Lipinski definition) is 5. The van der Waals surface area contributed by atoms with E-state index < -0.39 is 0 Å². The van der Waals surface area contributed by atoms with E-state index in [0.717, 1.165) is 67.5 Å². The van der Waals surface area contributed by atoms with Crippen LogP contribution in [0.25, 0.3) is 11.0 Å². The summed E-state index contributed by atoms with van der Waals surface area (Å²) in [6, 6.07) is 11.3. The first-order valence-electron chi connectivity index (χ1n) is 10.8. The molecule has 0 bridgehead atoms. The molecule has 1 aliphatic carbocycles. The summed E-state index contributed by atoms with van der Waals surface area (Å²) in [4.78, 5) is 29.3. The molecule has 0 N–H and O–H groups in total. The SMILES string of the molecule is O=C(c1cc2ccccc2o1)N1CCN(CCn2nc3c(cc2=O)CCCC3)CC1. The van der Waals surface area contributed by atoms with Crippen LogP contribution in [-0.2, 0) is 19.4 Å². The van der Waals surface area contributed by atoms with E-state index in [9.17, 15) is 9.59 Å². The van der Waals surface area contributed by atoms with Crippen LogP contribution in [0.1, 0.15) is 34.7 Å². The minimum Gasteiger partial charge on any atom is -0.451 e. The zero-order chi connectivity index (χ0) is 20.5. The van der Waals surface area contributed by atoms with Crippen molar-refractivity contribution in [1.82, 2.24) is 19.6 Å². The minimum atomic E-state index is -0.0570. The third-order valence-corrected chi connectivity index (χ3v) is 6.20. The van der Waals surface area contributed by atoms with E-state index >= 15 is 0 Å².